The molecule has 9 nitrogen and oxygen atoms in total. The lowest BCUT2D eigenvalue weighted by atomic mass is 10.00. The van der Waals surface area contributed by atoms with Crippen LogP contribution in [0.15, 0.2) is 72.8 Å². The standard InChI is InChI=1S/C88H148O9Si2/c1-25-33-41-57-81(9,10)89-69-49-53-73(93-85(17,18)61-45-37-29-5)77(65-69)98(78-66-70(90-82(11,12)58-42-34-26-2)50-54-74(78)94-86(19,20)62-46-38-30-6)97-99(79-67-71(91-83(13,14)59-43-35-27-3)51-55-75(79)95-87(21,22)63-47-39-31-7)80-68-72(92-84(15,16)60-44-36-28-4)52-56-76(80)96-88(23,24)64-48-40-32-8/h49-56,65-68H,25-48,57-64H2,1-24H3. The van der Waals surface area contributed by atoms with E-state index in [0.29, 0.717) is 0 Å². The Bertz CT molecular complexity index is 2520. The van der Waals surface area contributed by atoms with Crippen LogP contribution in [0.5, 0.6) is 46.0 Å². The molecule has 99 heavy (non-hydrogen) atoms. The van der Waals surface area contributed by atoms with Gasteiger partial charge in [-0.1, -0.05) is 158 Å². The predicted molar refractivity (Wildman–Crippen MR) is 428 cm³/mol. The monoisotopic (exact) mass is 1410 g/mol. The van der Waals surface area contributed by atoms with Crippen molar-refractivity contribution in [1.82, 2.24) is 0 Å². The number of benzene rings is 4. The highest BCUT2D eigenvalue weighted by atomic mass is 28.4. The minimum Gasteiger partial charge on any atom is -0.488 e. The Hall–Kier alpha value is -4.33. The molecule has 562 valence electrons. The highest BCUT2D eigenvalue weighted by molar-refractivity contribution is 6.93. The highest BCUT2D eigenvalue weighted by Gasteiger charge is 2.41. The molecule has 0 spiro atoms. The van der Waals surface area contributed by atoms with E-state index >= 15 is 0 Å². The van der Waals surface area contributed by atoms with E-state index in [1.807, 2.05) is 0 Å². The van der Waals surface area contributed by atoms with Gasteiger partial charge < -0.3 is 42.0 Å². The van der Waals surface area contributed by atoms with Crippen LogP contribution in [0, 0.1) is 0 Å². The smallest absolute Gasteiger partial charge is 0.280 e. The van der Waals surface area contributed by atoms with Crippen molar-refractivity contribution >= 4 is 38.8 Å². The van der Waals surface area contributed by atoms with Crippen molar-refractivity contribution in [3.63, 3.8) is 0 Å². The molecular weight excluding hydrogens is 1260 g/mol. The van der Waals surface area contributed by atoms with E-state index in [-0.39, 0.29) is 0 Å². The molecule has 4 rings (SSSR count). The molecule has 0 atom stereocenters. The van der Waals surface area contributed by atoms with Gasteiger partial charge in [0.2, 0.25) is 0 Å². The number of hydrogen-bond donors (Lipinski definition) is 0. The molecule has 0 fully saturated rings. The molecule has 0 amide bonds. The largest absolute Gasteiger partial charge is 0.488 e. The summed E-state index contributed by atoms with van der Waals surface area (Å²) in [4.78, 5) is 0. The molecule has 0 heterocycles. The van der Waals surface area contributed by atoms with Gasteiger partial charge in [0.15, 0.2) is 0 Å². The highest BCUT2D eigenvalue weighted by Crippen LogP contribution is 2.36. The van der Waals surface area contributed by atoms with Gasteiger partial charge in [-0.25, -0.2) is 0 Å². The molecule has 0 saturated carbocycles. The quantitative estimate of drug-likeness (QED) is 0.0317. The van der Waals surface area contributed by atoms with Crippen molar-refractivity contribution in [3.05, 3.63) is 72.8 Å². The number of hydrogen-bond acceptors (Lipinski definition) is 9. The van der Waals surface area contributed by atoms with Gasteiger partial charge in [-0.05, 0) is 286 Å². The fourth-order valence-corrected chi connectivity index (χ4v) is 18.9. The van der Waals surface area contributed by atoms with Crippen LogP contribution in [0.4, 0.5) is 0 Å². The molecule has 4 aromatic rings. The molecule has 2 radical (unpaired) electrons. The third-order valence-corrected chi connectivity index (χ3v) is 24.3. The summed E-state index contributed by atoms with van der Waals surface area (Å²) in [6.07, 6.45) is 33.7. The Labute approximate surface area is 612 Å². The summed E-state index contributed by atoms with van der Waals surface area (Å²) < 4.78 is 68.8. The average Bonchev–Trinajstić information content (AvgIpc) is 0.762. The molecule has 0 aliphatic rings. The second-order valence-electron chi connectivity index (χ2n) is 33.9. The van der Waals surface area contributed by atoms with Gasteiger partial charge in [0, 0.05) is 20.7 Å². The summed E-state index contributed by atoms with van der Waals surface area (Å²) in [5.74, 6) is 6.14. The number of unbranched alkanes of at least 4 members (excludes halogenated alkanes) is 16. The van der Waals surface area contributed by atoms with Crippen molar-refractivity contribution in [2.75, 3.05) is 0 Å². The van der Waals surface area contributed by atoms with E-state index in [1.165, 1.54) is 0 Å². The third kappa shape index (κ3) is 32.5. The minimum atomic E-state index is -2.67. The Morgan fingerprint density at radius 2 is 0.364 bits per heavy atom. The zero-order valence-corrected chi connectivity index (χ0v) is 70.2. The summed E-state index contributed by atoms with van der Waals surface area (Å²) in [7, 11) is -5.35. The van der Waals surface area contributed by atoms with Crippen molar-refractivity contribution in [2.45, 2.75) is 416 Å². The van der Waals surface area contributed by atoms with Crippen LogP contribution in [0.2, 0.25) is 0 Å². The van der Waals surface area contributed by atoms with E-state index in [1.54, 1.807) is 0 Å². The van der Waals surface area contributed by atoms with Crippen LogP contribution >= 0.6 is 0 Å². The first-order chi connectivity index (χ1) is 46.6. The summed E-state index contributed by atoms with van der Waals surface area (Å²) >= 11 is 0. The van der Waals surface area contributed by atoms with Gasteiger partial charge in [-0.3, -0.25) is 0 Å². The van der Waals surface area contributed by atoms with Crippen LogP contribution in [0.1, 0.15) is 372 Å². The van der Waals surface area contributed by atoms with E-state index in [4.69, 9.17) is 42.0 Å². The Morgan fingerprint density at radius 1 is 0.212 bits per heavy atom. The molecule has 0 bridgehead atoms. The maximum absolute atomic E-state index is 8.93. The first-order valence-electron chi connectivity index (χ1n) is 40.1. The lowest BCUT2D eigenvalue weighted by molar-refractivity contribution is 0.0916. The first kappa shape index (κ1) is 87.1. The zero-order valence-electron chi connectivity index (χ0n) is 68.2. The maximum atomic E-state index is 8.93. The Balaban J connectivity index is 2.48. The molecule has 0 aliphatic carbocycles. The van der Waals surface area contributed by atoms with E-state index in [9.17, 15) is 0 Å². The fourth-order valence-electron chi connectivity index (χ4n) is 13.2. The van der Waals surface area contributed by atoms with E-state index in [2.05, 4.69) is 239 Å². The molecule has 0 saturated heterocycles. The van der Waals surface area contributed by atoms with Crippen molar-refractivity contribution in [1.29, 1.82) is 0 Å². The Kier molecular flexibility index (Phi) is 36.8. The predicted octanol–water partition coefficient (Wildman–Crippen LogP) is 24.5. The molecule has 0 N–H and O–H groups in total. The molecular formula is C88H148O9Si2. The normalized spacial score (nSPS) is 12.9. The average molecular weight is 1410 g/mol. The third-order valence-electron chi connectivity index (χ3n) is 19.2. The topological polar surface area (TPSA) is 83.1 Å². The lowest BCUT2D eigenvalue weighted by Gasteiger charge is -2.35. The van der Waals surface area contributed by atoms with Crippen molar-refractivity contribution in [3.8, 4) is 46.0 Å². The van der Waals surface area contributed by atoms with E-state index in [0.717, 1.165) is 272 Å². The van der Waals surface area contributed by atoms with Gasteiger partial charge in [0.05, 0.1) is 0 Å². The van der Waals surface area contributed by atoms with Gasteiger partial charge in [-0.2, -0.15) is 0 Å². The van der Waals surface area contributed by atoms with Crippen LogP contribution < -0.4 is 58.6 Å². The number of rotatable bonds is 54. The second-order valence-corrected chi connectivity index (χ2v) is 38.2. The Morgan fingerprint density at radius 3 is 0.515 bits per heavy atom. The van der Waals surface area contributed by atoms with Gasteiger partial charge in [0.25, 0.3) is 18.1 Å². The fraction of sp³-hybridized carbons (Fsp3) is 0.727. The second kappa shape index (κ2) is 41.8. The summed E-state index contributed by atoms with van der Waals surface area (Å²) in [6, 6.07) is 26.3. The van der Waals surface area contributed by atoms with Crippen LogP contribution in [-0.4, -0.2) is 62.9 Å². The van der Waals surface area contributed by atoms with Crippen molar-refractivity contribution < 1.29 is 42.0 Å². The number of ether oxygens (including phenoxy) is 8. The molecule has 11 heteroatoms. The lowest BCUT2D eigenvalue weighted by Crippen LogP contribution is -2.58. The summed E-state index contributed by atoms with van der Waals surface area (Å²) in [6.45, 7) is 54.1. The molecule has 0 unspecified atom stereocenters. The van der Waals surface area contributed by atoms with Crippen LogP contribution in [0.25, 0.3) is 0 Å². The molecule has 0 aliphatic heterocycles. The van der Waals surface area contributed by atoms with Gasteiger partial charge in [-0.15, -0.1) is 0 Å². The summed E-state index contributed by atoms with van der Waals surface area (Å²) in [5, 5.41) is 3.72. The minimum absolute atomic E-state index is 0.466. The van der Waals surface area contributed by atoms with E-state index < -0.39 is 62.9 Å². The van der Waals surface area contributed by atoms with Gasteiger partial charge in [0.1, 0.15) is 90.8 Å². The maximum Gasteiger partial charge on any atom is 0.280 e. The summed E-state index contributed by atoms with van der Waals surface area (Å²) in [5.41, 5.74) is -4.03. The van der Waals surface area contributed by atoms with Gasteiger partial charge >= 0.3 is 0 Å². The first-order valence-corrected chi connectivity index (χ1v) is 42.9. The zero-order chi connectivity index (χ0) is 73.6. The molecule has 0 aromatic heterocycles. The SMILES string of the molecule is CCCCCC(C)(C)Oc1ccc(OC(C)(C)CCCCC)c([Si](O[Si](c2cc(OC(C)(C)CCCCC)ccc2OC(C)(C)CCCCC)c2cc(OC(C)(C)CCCCC)ccc2OC(C)(C)CCCCC)c2cc(OC(C)(C)CCCCC)ccc2OC(C)(C)CCCCC)c1. The van der Waals surface area contributed by atoms with Crippen LogP contribution in [-0.2, 0) is 4.12 Å². The van der Waals surface area contributed by atoms with Crippen molar-refractivity contribution in [2.24, 2.45) is 0 Å². The molecule has 4 aromatic carbocycles. The van der Waals surface area contributed by atoms with Crippen LogP contribution in [0.3, 0.4) is 0 Å².